The van der Waals surface area contributed by atoms with E-state index in [2.05, 4.69) is 45.3 Å². The summed E-state index contributed by atoms with van der Waals surface area (Å²) in [6.07, 6.45) is 3.56. The van der Waals surface area contributed by atoms with Crippen LogP contribution in [0.15, 0.2) is 42.5 Å². The summed E-state index contributed by atoms with van der Waals surface area (Å²) in [6, 6.07) is 14.8. The highest BCUT2D eigenvalue weighted by Gasteiger charge is 2.27. The first-order chi connectivity index (χ1) is 20.2. The number of piperidine rings is 1. The third kappa shape index (κ3) is 7.11. The smallest absolute Gasteiger partial charge is 0.153 e. The number of likely N-dealkylation sites (N-methyl/N-ethyl adjacent to an activating group) is 1. The van der Waals surface area contributed by atoms with Crippen LogP contribution in [-0.2, 0) is 17.4 Å². The molecule has 10 heteroatoms. The Labute approximate surface area is 255 Å². The number of methoxy groups -OCH3 is 1. The van der Waals surface area contributed by atoms with Crippen LogP contribution in [0.25, 0.3) is 0 Å². The van der Waals surface area contributed by atoms with E-state index in [4.69, 9.17) is 26.3 Å². The first kappa shape index (κ1) is 30.8. The van der Waals surface area contributed by atoms with Gasteiger partial charge in [-0.2, -0.15) is 0 Å². The molecular formula is C32H44ClN6O2P. The molecule has 2 saturated heterocycles. The number of para-hydroxylation sites is 1. The summed E-state index contributed by atoms with van der Waals surface area (Å²) in [7, 11) is 1.43. The molecule has 5 rings (SSSR count). The Bertz CT molecular complexity index is 1430. The second-order valence-corrected chi connectivity index (χ2v) is 15.4. The van der Waals surface area contributed by atoms with Gasteiger partial charge in [0.05, 0.1) is 18.5 Å². The van der Waals surface area contributed by atoms with E-state index in [0.29, 0.717) is 35.5 Å². The van der Waals surface area contributed by atoms with Crippen LogP contribution in [0.5, 0.6) is 5.75 Å². The summed E-state index contributed by atoms with van der Waals surface area (Å²) in [4.78, 5) is 17.2. The molecule has 0 amide bonds. The fraction of sp³-hybridized carbons (Fsp3) is 0.500. The van der Waals surface area contributed by atoms with Crippen LogP contribution < -0.4 is 20.3 Å². The molecule has 2 fully saturated rings. The number of halogens is 1. The highest BCUT2D eigenvalue weighted by Crippen LogP contribution is 2.39. The van der Waals surface area contributed by atoms with Crippen molar-refractivity contribution in [3.8, 4) is 5.75 Å². The Balaban J connectivity index is 1.32. The summed E-state index contributed by atoms with van der Waals surface area (Å²) in [5.74, 6) is 2.02. The maximum absolute atomic E-state index is 12.9. The lowest BCUT2D eigenvalue weighted by Gasteiger charge is -2.42. The molecule has 42 heavy (non-hydrogen) atoms. The normalized spacial score (nSPS) is 17.4. The number of nitrogens with zero attached hydrogens (tertiary/aromatic N) is 5. The topological polar surface area (TPSA) is 73.8 Å². The van der Waals surface area contributed by atoms with Crippen LogP contribution in [-0.4, -0.2) is 92.6 Å². The third-order valence-electron chi connectivity index (χ3n) is 8.54. The van der Waals surface area contributed by atoms with E-state index < -0.39 is 7.14 Å². The Kier molecular flexibility index (Phi) is 9.78. The average molecular weight is 611 g/mol. The molecule has 0 unspecified atom stereocenters. The summed E-state index contributed by atoms with van der Waals surface area (Å²) in [6.45, 7) is 12.4. The van der Waals surface area contributed by atoms with Crippen LogP contribution in [0.2, 0.25) is 5.02 Å². The van der Waals surface area contributed by atoms with E-state index in [1.807, 2.05) is 31.2 Å². The molecule has 1 N–H and O–H groups in total. The van der Waals surface area contributed by atoms with Crippen LogP contribution >= 0.6 is 18.7 Å². The number of aromatic nitrogens is 2. The number of benzene rings is 2. The molecule has 2 aliphatic rings. The third-order valence-corrected chi connectivity index (χ3v) is 10.5. The van der Waals surface area contributed by atoms with Gasteiger partial charge in [-0.15, -0.1) is 0 Å². The molecule has 2 aromatic carbocycles. The van der Waals surface area contributed by atoms with E-state index in [1.165, 1.54) is 44.7 Å². The van der Waals surface area contributed by atoms with Gasteiger partial charge >= 0.3 is 0 Å². The highest BCUT2D eigenvalue weighted by molar-refractivity contribution is 7.70. The lowest BCUT2D eigenvalue weighted by atomic mass is 10.0. The van der Waals surface area contributed by atoms with E-state index in [1.54, 1.807) is 20.4 Å². The van der Waals surface area contributed by atoms with Gasteiger partial charge < -0.3 is 24.4 Å². The number of hydrogen-bond acceptors (Lipinski definition) is 8. The number of piperazine rings is 1. The zero-order valence-electron chi connectivity index (χ0n) is 25.6. The summed E-state index contributed by atoms with van der Waals surface area (Å²) in [5, 5.41) is 4.61. The van der Waals surface area contributed by atoms with E-state index >= 15 is 0 Å². The molecule has 1 aromatic heterocycles. The lowest BCUT2D eigenvalue weighted by Crippen LogP contribution is -2.52. The first-order valence-electron chi connectivity index (χ1n) is 15.0. The monoisotopic (exact) mass is 610 g/mol. The molecule has 0 aliphatic carbocycles. The van der Waals surface area contributed by atoms with Gasteiger partial charge in [0, 0.05) is 74.4 Å². The molecule has 3 aromatic rings. The van der Waals surface area contributed by atoms with E-state index in [0.717, 1.165) is 41.1 Å². The highest BCUT2D eigenvalue weighted by atomic mass is 35.5. The molecular weight excluding hydrogens is 567 g/mol. The standard InChI is InChI=1S/C32H44ClN6O2P/c1-6-26-31(33)32(35-27-9-7-8-10-29(27)42(4,5)40)36-30(34-26)21-23-11-12-25(22-28(23)41-3)38-15-13-24(14-16-38)39-19-17-37(2)18-20-39/h7-12,22,24H,6,13-21H2,1-5H3,(H,34,35,36). The van der Waals surface area contributed by atoms with Gasteiger partial charge in [-0.05, 0) is 57.8 Å². The van der Waals surface area contributed by atoms with Crippen molar-refractivity contribution in [2.24, 2.45) is 0 Å². The number of ether oxygens (including phenoxy) is 1. The second-order valence-electron chi connectivity index (χ2n) is 11.8. The van der Waals surface area contributed by atoms with Gasteiger partial charge in [-0.3, -0.25) is 4.90 Å². The molecule has 0 spiro atoms. The average Bonchev–Trinajstić information content (AvgIpc) is 2.99. The van der Waals surface area contributed by atoms with Gasteiger partial charge in [0.1, 0.15) is 23.7 Å². The Morgan fingerprint density at radius 2 is 1.74 bits per heavy atom. The Morgan fingerprint density at radius 3 is 2.40 bits per heavy atom. The predicted octanol–water partition coefficient (Wildman–Crippen LogP) is 5.50. The number of hydrogen-bond donors (Lipinski definition) is 1. The summed E-state index contributed by atoms with van der Waals surface area (Å²) in [5.41, 5.74) is 3.74. The van der Waals surface area contributed by atoms with Crippen molar-refractivity contribution in [1.29, 1.82) is 0 Å². The van der Waals surface area contributed by atoms with Crippen molar-refractivity contribution in [2.45, 2.75) is 38.6 Å². The number of rotatable bonds is 9. The zero-order valence-corrected chi connectivity index (χ0v) is 27.2. The minimum atomic E-state index is -2.51. The van der Waals surface area contributed by atoms with Gasteiger partial charge in [0.15, 0.2) is 5.82 Å². The molecule has 3 heterocycles. The van der Waals surface area contributed by atoms with Crippen LogP contribution in [0.1, 0.15) is 36.8 Å². The Morgan fingerprint density at radius 1 is 1.02 bits per heavy atom. The van der Waals surface area contributed by atoms with Crippen LogP contribution in [0.4, 0.5) is 17.2 Å². The van der Waals surface area contributed by atoms with Crippen LogP contribution in [0, 0.1) is 0 Å². The van der Waals surface area contributed by atoms with Gasteiger partial charge in [-0.25, -0.2) is 9.97 Å². The molecule has 8 nitrogen and oxygen atoms in total. The van der Waals surface area contributed by atoms with Crippen molar-refractivity contribution >= 4 is 41.2 Å². The summed E-state index contributed by atoms with van der Waals surface area (Å²) >= 11 is 6.74. The van der Waals surface area contributed by atoms with Crippen molar-refractivity contribution < 1.29 is 9.30 Å². The van der Waals surface area contributed by atoms with Crippen molar-refractivity contribution in [3.05, 3.63) is 64.6 Å². The Hall–Kier alpha value is -2.64. The van der Waals surface area contributed by atoms with Crippen molar-refractivity contribution in [2.75, 3.05) is 77.0 Å². The quantitative estimate of drug-likeness (QED) is 0.319. The van der Waals surface area contributed by atoms with Crippen molar-refractivity contribution in [3.63, 3.8) is 0 Å². The lowest BCUT2D eigenvalue weighted by molar-refractivity contribution is 0.0982. The minimum Gasteiger partial charge on any atom is -0.496 e. The maximum atomic E-state index is 12.9. The molecule has 226 valence electrons. The maximum Gasteiger partial charge on any atom is 0.153 e. The first-order valence-corrected chi connectivity index (χ1v) is 18.0. The van der Waals surface area contributed by atoms with Crippen molar-refractivity contribution in [1.82, 2.24) is 19.8 Å². The molecule has 0 saturated carbocycles. The van der Waals surface area contributed by atoms with Crippen LogP contribution in [0.3, 0.4) is 0 Å². The second kappa shape index (κ2) is 13.3. The number of nitrogens with one attached hydrogen (secondary N) is 1. The van der Waals surface area contributed by atoms with Gasteiger partial charge in [0.2, 0.25) is 0 Å². The largest absolute Gasteiger partial charge is 0.496 e. The van der Waals surface area contributed by atoms with Gasteiger partial charge in [0.25, 0.3) is 0 Å². The van der Waals surface area contributed by atoms with E-state index in [9.17, 15) is 4.57 Å². The molecule has 0 radical (unpaired) electrons. The predicted molar refractivity (Wildman–Crippen MR) is 175 cm³/mol. The van der Waals surface area contributed by atoms with E-state index in [-0.39, 0.29) is 0 Å². The minimum absolute atomic E-state index is 0.486. The fourth-order valence-corrected chi connectivity index (χ4v) is 7.46. The number of anilines is 3. The molecule has 0 atom stereocenters. The zero-order chi connectivity index (χ0) is 29.9. The fourth-order valence-electron chi connectivity index (χ4n) is 6.04. The summed E-state index contributed by atoms with van der Waals surface area (Å²) < 4.78 is 18.8. The molecule has 2 aliphatic heterocycles. The van der Waals surface area contributed by atoms with Gasteiger partial charge in [-0.1, -0.05) is 36.7 Å². The number of aryl methyl sites for hydroxylation is 1. The molecule has 0 bridgehead atoms. The SMILES string of the molecule is CCc1nc(Cc2ccc(N3CCC(N4CCN(C)CC4)CC3)cc2OC)nc(Nc2ccccc2P(C)(C)=O)c1Cl.